The van der Waals surface area contributed by atoms with E-state index in [0.29, 0.717) is 24.0 Å². The summed E-state index contributed by atoms with van der Waals surface area (Å²) in [5.74, 6) is 0.359. The summed E-state index contributed by atoms with van der Waals surface area (Å²) < 4.78 is 5.85. The number of benzene rings is 1. The van der Waals surface area contributed by atoms with Crippen LogP contribution in [0.15, 0.2) is 24.3 Å². The fourth-order valence-corrected chi connectivity index (χ4v) is 3.28. The van der Waals surface area contributed by atoms with Gasteiger partial charge in [-0.15, -0.1) is 11.6 Å². The van der Waals surface area contributed by atoms with Gasteiger partial charge >= 0.3 is 0 Å². The van der Waals surface area contributed by atoms with Crippen LogP contribution in [0.25, 0.3) is 0 Å². The van der Waals surface area contributed by atoms with Gasteiger partial charge in [0.25, 0.3) is 5.91 Å². The van der Waals surface area contributed by atoms with Crippen LogP contribution in [-0.4, -0.2) is 49.2 Å². The van der Waals surface area contributed by atoms with E-state index in [0.717, 1.165) is 25.3 Å². The van der Waals surface area contributed by atoms with Gasteiger partial charge in [-0.3, -0.25) is 9.69 Å². The number of amides is 1. The number of carbonyl (C=O) groups is 1. The smallest absolute Gasteiger partial charge is 0.251 e. The highest BCUT2D eigenvalue weighted by Crippen LogP contribution is 2.22. The molecule has 1 aromatic carbocycles. The molecule has 0 bridgehead atoms. The van der Waals surface area contributed by atoms with Crippen LogP contribution < -0.4 is 5.32 Å². The molecule has 2 atom stereocenters. The van der Waals surface area contributed by atoms with Crippen LogP contribution in [0, 0.1) is 0 Å². The fraction of sp³-hybridized carbons (Fsp3) is 0.562. The molecule has 3 rings (SSSR count). The Labute approximate surface area is 130 Å². The second-order valence-electron chi connectivity index (χ2n) is 5.79. The first-order chi connectivity index (χ1) is 10.3. The first-order valence-corrected chi connectivity index (χ1v) is 8.08. The number of morpholine rings is 1. The summed E-state index contributed by atoms with van der Waals surface area (Å²) in [5.41, 5.74) is 1.61. The molecule has 1 amide bonds. The van der Waals surface area contributed by atoms with Crippen LogP contribution in [0.3, 0.4) is 0 Å². The van der Waals surface area contributed by atoms with E-state index < -0.39 is 0 Å². The second-order valence-corrected chi connectivity index (χ2v) is 6.06. The molecule has 5 heteroatoms. The number of carbonyl (C=O) groups excluding carboxylic acids is 1. The van der Waals surface area contributed by atoms with Crippen LogP contribution >= 0.6 is 11.6 Å². The molecule has 1 N–H and O–H groups in total. The van der Waals surface area contributed by atoms with Crippen molar-refractivity contribution in [1.29, 1.82) is 0 Å². The fourth-order valence-electron chi connectivity index (χ4n) is 3.11. The molecule has 0 spiro atoms. The Bertz CT molecular complexity index is 509. The third-order valence-corrected chi connectivity index (χ3v) is 4.60. The van der Waals surface area contributed by atoms with E-state index in [-0.39, 0.29) is 12.0 Å². The lowest BCUT2D eigenvalue weighted by atomic mass is 10.1. The number of halogens is 1. The van der Waals surface area contributed by atoms with Crippen LogP contribution in [0.5, 0.6) is 0 Å². The molecule has 0 radical (unpaired) electrons. The van der Waals surface area contributed by atoms with E-state index in [1.54, 1.807) is 0 Å². The maximum absolute atomic E-state index is 12.2. The van der Waals surface area contributed by atoms with Crippen molar-refractivity contribution in [1.82, 2.24) is 10.2 Å². The van der Waals surface area contributed by atoms with Gasteiger partial charge in [-0.05, 0) is 37.1 Å². The summed E-state index contributed by atoms with van der Waals surface area (Å²) in [6.45, 7) is 3.44. The molecule has 2 aliphatic rings. The average molecular weight is 309 g/mol. The van der Waals surface area contributed by atoms with Crippen LogP contribution in [0.2, 0.25) is 0 Å². The Hall–Kier alpha value is -1.10. The Balaban J connectivity index is 1.51. The van der Waals surface area contributed by atoms with E-state index in [2.05, 4.69) is 10.2 Å². The number of nitrogens with one attached hydrogen (secondary N) is 1. The van der Waals surface area contributed by atoms with E-state index >= 15 is 0 Å². The lowest BCUT2D eigenvalue weighted by Gasteiger charge is -2.35. The third-order valence-electron chi connectivity index (χ3n) is 4.30. The quantitative estimate of drug-likeness (QED) is 0.865. The van der Waals surface area contributed by atoms with Crippen molar-refractivity contribution >= 4 is 17.5 Å². The van der Waals surface area contributed by atoms with Gasteiger partial charge in [0, 0.05) is 30.6 Å². The summed E-state index contributed by atoms with van der Waals surface area (Å²) in [6.07, 6.45) is 2.60. The second kappa shape index (κ2) is 6.77. The third kappa shape index (κ3) is 3.57. The molecule has 0 aliphatic carbocycles. The van der Waals surface area contributed by atoms with Crippen molar-refractivity contribution < 1.29 is 9.53 Å². The summed E-state index contributed by atoms with van der Waals surface area (Å²) in [7, 11) is 0. The van der Waals surface area contributed by atoms with Crippen molar-refractivity contribution in [2.24, 2.45) is 0 Å². The Morgan fingerprint density at radius 1 is 1.48 bits per heavy atom. The SMILES string of the molecule is O=C(NCC1CN2CCCC2CO1)c1cccc(CCl)c1. The van der Waals surface area contributed by atoms with Gasteiger partial charge in [0.15, 0.2) is 0 Å². The van der Waals surface area contributed by atoms with Crippen molar-refractivity contribution in [3.63, 3.8) is 0 Å². The molecule has 2 aliphatic heterocycles. The van der Waals surface area contributed by atoms with Crippen molar-refractivity contribution in [3.8, 4) is 0 Å². The van der Waals surface area contributed by atoms with Crippen LogP contribution in [-0.2, 0) is 10.6 Å². The lowest BCUT2D eigenvalue weighted by Crippen LogP contribution is -2.50. The molecular weight excluding hydrogens is 288 g/mol. The zero-order chi connectivity index (χ0) is 14.7. The average Bonchev–Trinajstić information content (AvgIpc) is 3.00. The van der Waals surface area contributed by atoms with Crippen molar-refractivity contribution in [2.75, 3.05) is 26.2 Å². The van der Waals surface area contributed by atoms with Crippen molar-refractivity contribution in [2.45, 2.75) is 30.9 Å². The minimum Gasteiger partial charge on any atom is -0.373 e. The first-order valence-electron chi connectivity index (χ1n) is 7.55. The minimum absolute atomic E-state index is 0.0610. The van der Waals surface area contributed by atoms with Gasteiger partial charge in [0.2, 0.25) is 0 Å². The summed E-state index contributed by atoms with van der Waals surface area (Å²) in [5, 5.41) is 2.97. The zero-order valence-corrected chi connectivity index (χ0v) is 12.8. The largest absolute Gasteiger partial charge is 0.373 e. The van der Waals surface area contributed by atoms with Gasteiger partial charge in [-0.25, -0.2) is 0 Å². The monoisotopic (exact) mass is 308 g/mol. The zero-order valence-electron chi connectivity index (χ0n) is 12.1. The molecular formula is C16H21ClN2O2. The highest BCUT2D eigenvalue weighted by molar-refractivity contribution is 6.17. The molecule has 0 aromatic heterocycles. The number of rotatable bonds is 4. The van der Waals surface area contributed by atoms with Crippen LogP contribution in [0.1, 0.15) is 28.8 Å². The highest BCUT2D eigenvalue weighted by atomic mass is 35.5. The predicted octanol–water partition coefficient (Wildman–Crippen LogP) is 2.02. The molecule has 0 saturated carbocycles. The standard InChI is InChI=1S/C16H21ClN2O2/c17-8-12-3-1-4-13(7-12)16(20)18-9-15-10-19-6-2-5-14(19)11-21-15/h1,3-4,7,14-15H,2,5-6,8-11H2,(H,18,20). The maximum Gasteiger partial charge on any atom is 0.251 e. The molecule has 2 unspecified atom stereocenters. The molecule has 1 aromatic rings. The summed E-state index contributed by atoms with van der Waals surface area (Å²) >= 11 is 5.80. The highest BCUT2D eigenvalue weighted by Gasteiger charge is 2.32. The van der Waals surface area contributed by atoms with Crippen molar-refractivity contribution in [3.05, 3.63) is 35.4 Å². The van der Waals surface area contributed by atoms with E-state index in [1.807, 2.05) is 24.3 Å². The van der Waals surface area contributed by atoms with E-state index in [4.69, 9.17) is 16.3 Å². The number of fused-ring (bicyclic) bond motifs is 1. The normalized spacial score (nSPS) is 25.6. The first kappa shape index (κ1) is 14.8. The van der Waals surface area contributed by atoms with Gasteiger partial charge in [-0.1, -0.05) is 12.1 Å². The maximum atomic E-state index is 12.2. The lowest BCUT2D eigenvalue weighted by molar-refractivity contribution is -0.0461. The molecule has 21 heavy (non-hydrogen) atoms. The van der Waals surface area contributed by atoms with Crippen LogP contribution in [0.4, 0.5) is 0 Å². The molecule has 2 heterocycles. The van der Waals surface area contributed by atoms with Gasteiger partial charge in [0.1, 0.15) is 0 Å². The Morgan fingerprint density at radius 3 is 3.24 bits per heavy atom. The van der Waals surface area contributed by atoms with Gasteiger partial charge < -0.3 is 10.1 Å². The minimum atomic E-state index is -0.0610. The molecule has 2 saturated heterocycles. The number of ether oxygens (including phenoxy) is 1. The summed E-state index contributed by atoms with van der Waals surface area (Å²) in [6, 6.07) is 8.02. The topological polar surface area (TPSA) is 41.6 Å². The van der Waals surface area contributed by atoms with Gasteiger partial charge in [-0.2, -0.15) is 0 Å². The molecule has 2 fully saturated rings. The predicted molar refractivity (Wildman–Crippen MR) is 82.7 cm³/mol. The van der Waals surface area contributed by atoms with E-state index in [1.165, 1.54) is 12.8 Å². The molecule has 114 valence electrons. The Kier molecular flexibility index (Phi) is 4.78. The van der Waals surface area contributed by atoms with Gasteiger partial charge in [0.05, 0.1) is 12.7 Å². The Morgan fingerprint density at radius 2 is 2.38 bits per heavy atom. The van der Waals surface area contributed by atoms with E-state index in [9.17, 15) is 4.79 Å². The summed E-state index contributed by atoms with van der Waals surface area (Å²) in [4.78, 5) is 14.6. The number of nitrogens with zero attached hydrogens (tertiary/aromatic N) is 1. The number of alkyl halides is 1. The molecule has 4 nitrogen and oxygen atoms in total. The number of hydrogen-bond acceptors (Lipinski definition) is 3. The number of hydrogen-bond donors (Lipinski definition) is 1.